The molecule has 0 nitrogen and oxygen atoms in total. The Bertz CT molecular complexity index is 764. The van der Waals surface area contributed by atoms with Crippen LogP contribution >= 0.6 is 70.9 Å². The minimum absolute atomic E-state index is 0.0174. The van der Waals surface area contributed by atoms with Gasteiger partial charge < -0.3 is 0 Å². The molecule has 2 aromatic rings. The molecule has 2 aliphatic rings. The molecule has 4 rings (SSSR count). The lowest BCUT2D eigenvalue weighted by Crippen LogP contribution is -2.19. The van der Waals surface area contributed by atoms with E-state index in [2.05, 4.69) is 102 Å². The second kappa shape index (κ2) is 7.22. The Hall–Kier alpha value is 0.450. The molecule has 0 saturated heterocycles. The first kappa shape index (κ1) is 17.8. The van der Waals surface area contributed by atoms with Gasteiger partial charge in [0.05, 0.1) is 9.04 Å². The molecule has 126 valence electrons. The van der Waals surface area contributed by atoms with Crippen LogP contribution in [0, 0.1) is 5.92 Å². The number of hydrogen-bond donors (Lipinski definition) is 0. The summed E-state index contributed by atoms with van der Waals surface area (Å²) in [7, 11) is 0. The normalized spacial score (nSPS) is 25.8. The van der Waals surface area contributed by atoms with Crippen LogP contribution in [0.15, 0.2) is 56.7 Å². The van der Waals surface area contributed by atoms with Gasteiger partial charge in [0.1, 0.15) is 3.23 Å². The van der Waals surface area contributed by atoms with Crippen LogP contribution in [0.4, 0.5) is 0 Å². The molecule has 0 amide bonds. The van der Waals surface area contributed by atoms with Gasteiger partial charge in [-0.1, -0.05) is 67.8 Å². The summed E-state index contributed by atoms with van der Waals surface area (Å²) in [5, 5.41) is 0.527. The predicted molar refractivity (Wildman–Crippen MR) is 117 cm³/mol. The maximum Gasteiger partial charge on any atom is 0.111 e. The first-order valence-corrected chi connectivity index (χ1v) is 12.2. The molecule has 0 bridgehead atoms. The van der Waals surface area contributed by atoms with Crippen molar-refractivity contribution in [3.8, 4) is 0 Å². The van der Waals surface area contributed by atoms with Crippen LogP contribution < -0.4 is 0 Å². The molecule has 1 aliphatic heterocycles. The second-order valence-electron chi connectivity index (χ2n) is 6.39. The Morgan fingerprint density at radius 3 is 2.58 bits per heavy atom. The lowest BCUT2D eigenvalue weighted by molar-refractivity contribution is 0.551. The van der Waals surface area contributed by atoms with Crippen molar-refractivity contribution in [1.29, 1.82) is 0 Å². The number of thiophene rings is 1. The molecule has 0 saturated carbocycles. The van der Waals surface area contributed by atoms with Crippen LogP contribution in [0.25, 0.3) is 0 Å². The molecule has 2 heterocycles. The summed E-state index contributed by atoms with van der Waals surface area (Å²) in [6.07, 6.45) is 4.78. The molecule has 0 radical (unpaired) electrons. The molecule has 2 unspecified atom stereocenters. The van der Waals surface area contributed by atoms with Gasteiger partial charge in [0.15, 0.2) is 0 Å². The molecule has 0 N–H and O–H groups in total. The Morgan fingerprint density at radius 2 is 1.88 bits per heavy atom. The van der Waals surface area contributed by atoms with E-state index < -0.39 is 0 Å². The van der Waals surface area contributed by atoms with Gasteiger partial charge in [0.25, 0.3) is 0 Å². The number of benzene rings is 1. The zero-order valence-electron chi connectivity index (χ0n) is 13.0. The van der Waals surface area contributed by atoms with Gasteiger partial charge in [0.2, 0.25) is 0 Å². The molecular formula is C19H17Br3S2. The van der Waals surface area contributed by atoms with E-state index in [9.17, 15) is 0 Å². The fraction of sp³-hybridized carbons (Fsp3) is 0.368. The van der Waals surface area contributed by atoms with Crippen molar-refractivity contribution >= 4 is 70.9 Å². The van der Waals surface area contributed by atoms with Crippen molar-refractivity contribution in [2.24, 2.45) is 5.92 Å². The van der Waals surface area contributed by atoms with E-state index in [0.29, 0.717) is 11.2 Å². The average Bonchev–Trinajstić information content (AvgIpc) is 3.13. The van der Waals surface area contributed by atoms with Crippen molar-refractivity contribution in [3.63, 3.8) is 0 Å². The highest BCUT2D eigenvalue weighted by molar-refractivity contribution is 9.25. The smallest absolute Gasteiger partial charge is 0.111 e. The highest BCUT2D eigenvalue weighted by atomic mass is 79.9. The van der Waals surface area contributed by atoms with Crippen LogP contribution in [-0.2, 0) is 6.42 Å². The highest BCUT2D eigenvalue weighted by Gasteiger charge is 2.45. The topological polar surface area (TPSA) is 0 Å². The number of halogens is 3. The van der Waals surface area contributed by atoms with Gasteiger partial charge >= 0.3 is 0 Å². The Balaban J connectivity index is 1.72. The molecule has 0 fully saturated rings. The third kappa shape index (κ3) is 3.48. The van der Waals surface area contributed by atoms with Gasteiger partial charge in [0, 0.05) is 15.7 Å². The van der Waals surface area contributed by atoms with E-state index in [4.69, 9.17) is 0 Å². The van der Waals surface area contributed by atoms with Crippen molar-refractivity contribution in [1.82, 2.24) is 0 Å². The van der Waals surface area contributed by atoms with E-state index in [0.717, 1.165) is 12.8 Å². The standard InChI is InChI=1S/C19H17Br3S2/c20-16-9-8-15(23-16)17-14(11-12-5-2-1-3-6-12)13-7-4-10-19(21,22)18(13)24-17/h1-3,5-6,8-9,14,17H,4,7,10-11H2. The summed E-state index contributed by atoms with van der Waals surface area (Å²) >= 11 is 15.5. The van der Waals surface area contributed by atoms with Crippen LogP contribution in [0.1, 0.15) is 35.0 Å². The number of allylic oxidation sites excluding steroid dienone is 2. The van der Waals surface area contributed by atoms with Crippen molar-refractivity contribution < 1.29 is 0 Å². The summed E-state index contributed by atoms with van der Waals surface area (Å²) in [6, 6.07) is 15.4. The third-order valence-electron chi connectivity index (χ3n) is 4.79. The second-order valence-corrected chi connectivity index (χ2v) is 13.8. The molecule has 24 heavy (non-hydrogen) atoms. The molecule has 0 spiro atoms. The van der Waals surface area contributed by atoms with Crippen LogP contribution in [0.3, 0.4) is 0 Å². The van der Waals surface area contributed by atoms with Gasteiger partial charge in [-0.05, 0) is 59.3 Å². The van der Waals surface area contributed by atoms with E-state index in [-0.39, 0.29) is 3.23 Å². The number of rotatable bonds is 3. The summed E-state index contributed by atoms with van der Waals surface area (Å²) in [5.74, 6) is 0.590. The third-order valence-corrected chi connectivity index (χ3v) is 10.4. The monoisotopic (exact) mass is 546 g/mol. The zero-order valence-corrected chi connectivity index (χ0v) is 19.4. The Kier molecular flexibility index (Phi) is 5.37. The van der Waals surface area contributed by atoms with E-state index in [1.54, 1.807) is 5.57 Å². The Labute approximate surface area is 176 Å². The summed E-state index contributed by atoms with van der Waals surface area (Å²) in [5.41, 5.74) is 3.11. The van der Waals surface area contributed by atoms with Crippen molar-refractivity contribution in [2.45, 2.75) is 34.2 Å². The zero-order chi connectivity index (χ0) is 16.7. The maximum absolute atomic E-state index is 3.95. The largest absolute Gasteiger partial charge is 0.132 e. The van der Waals surface area contributed by atoms with Gasteiger partial charge in [-0.3, -0.25) is 0 Å². The minimum Gasteiger partial charge on any atom is -0.132 e. The van der Waals surface area contributed by atoms with Gasteiger partial charge in [-0.2, -0.15) is 0 Å². The SMILES string of the molecule is Brc1ccc(C2SC3=C(CCCC3(Br)Br)C2Cc2ccccc2)s1. The fourth-order valence-corrected chi connectivity index (χ4v) is 8.65. The van der Waals surface area contributed by atoms with Crippen molar-refractivity contribution in [2.75, 3.05) is 0 Å². The predicted octanol–water partition coefficient (Wildman–Crippen LogP) is 8.08. The molecule has 5 heteroatoms. The van der Waals surface area contributed by atoms with E-state index >= 15 is 0 Å². The quantitative estimate of drug-likeness (QED) is 0.349. The number of alkyl halides is 2. The fourth-order valence-electron chi connectivity index (χ4n) is 3.71. The molecular weight excluding hydrogens is 532 g/mol. The van der Waals surface area contributed by atoms with E-state index in [1.165, 1.54) is 32.0 Å². The molecule has 1 aromatic heterocycles. The first-order valence-electron chi connectivity index (χ1n) is 8.12. The summed E-state index contributed by atoms with van der Waals surface area (Å²) in [4.78, 5) is 3.02. The van der Waals surface area contributed by atoms with Crippen molar-refractivity contribution in [3.05, 3.63) is 67.2 Å². The Morgan fingerprint density at radius 1 is 1.08 bits per heavy atom. The van der Waals surface area contributed by atoms with Crippen LogP contribution in [0.2, 0.25) is 0 Å². The summed E-state index contributed by atoms with van der Waals surface area (Å²) in [6.45, 7) is 0. The van der Waals surface area contributed by atoms with Gasteiger partial charge in [-0.15, -0.1) is 23.1 Å². The van der Waals surface area contributed by atoms with Crippen LogP contribution in [-0.4, -0.2) is 3.23 Å². The maximum atomic E-state index is 3.95. The van der Waals surface area contributed by atoms with Gasteiger partial charge in [-0.25, -0.2) is 0 Å². The molecule has 1 aliphatic carbocycles. The minimum atomic E-state index is -0.0174. The molecule has 2 atom stereocenters. The van der Waals surface area contributed by atoms with E-state index in [1.807, 2.05) is 11.3 Å². The lowest BCUT2D eigenvalue weighted by Gasteiger charge is -2.29. The lowest BCUT2D eigenvalue weighted by atomic mass is 9.83. The number of hydrogen-bond acceptors (Lipinski definition) is 2. The van der Waals surface area contributed by atoms with Crippen LogP contribution in [0.5, 0.6) is 0 Å². The number of thioether (sulfide) groups is 1. The average molecular weight is 549 g/mol. The molecule has 1 aromatic carbocycles. The highest BCUT2D eigenvalue weighted by Crippen LogP contribution is 2.63. The summed E-state index contributed by atoms with van der Waals surface area (Å²) < 4.78 is 1.21. The first-order chi connectivity index (χ1) is 11.5.